The van der Waals surface area contributed by atoms with Gasteiger partial charge in [-0.05, 0) is 13.8 Å². The van der Waals surface area contributed by atoms with Crippen LogP contribution in [0.25, 0.3) is 0 Å². The van der Waals surface area contributed by atoms with Gasteiger partial charge in [0.1, 0.15) is 12.6 Å². The molecule has 15 heavy (non-hydrogen) atoms. The van der Waals surface area contributed by atoms with Crippen molar-refractivity contribution in [2.75, 3.05) is 19.8 Å². The molecule has 5 nitrogen and oxygen atoms in total. The summed E-state index contributed by atoms with van der Waals surface area (Å²) in [5.41, 5.74) is 0. The van der Waals surface area contributed by atoms with Gasteiger partial charge in [-0.2, -0.15) is 0 Å². The van der Waals surface area contributed by atoms with Gasteiger partial charge in [0.05, 0.1) is 18.8 Å². The normalized spacial score (nSPS) is 25.9. The Morgan fingerprint density at radius 1 is 1.53 bits per heavy atom. The molecule has 0 aromatic heterocycles. The predicted molar refractivity (Wildman–Crippen MR) is 54.5 cm³/mol. The summed E-state index contributed by atoms with van der Waals surface area (Å²) in [6, 6.07) is -0.362. The number of nitrogens with one attached hydrogen (secondary N) is 1. The van der Waals surface area contributed by atoms with Gasteiger partial charge in [-0.25, -0.2) is 0 Å². The quantitative estimate of drug-likeness (QED) is 0.488. The number of aliphatic hydroxyl groups excluding tert-OH is 1. The minimum Gasteiger partial charge on any atom is -0.462 e. The van der Waals surface area contributed by atoms with Gasteiger partial charge in [0.2, 0.25) is 0 Å². The molecule has 0 radical (unpaired) electrons. The number of ether oxygens (including phenoxy) is 2. The van der Waals surface area contributed by atoms with Crippen LogP contribution in [0.15, 0.2) is 0 Å². The molecule has 88 valence electrons. The summed E-state index contributed by atoms with van der Waals surface area (Å²) >= 11 is 0. The minimum absolute atomic E-state index is 0.148. The first-order valence-electron chi connectivity index (χ1n) is 5.29. The standard InChI is InChI=1S/C10H19NO4/c1-7(2)14-3-4-15-10(13)9-5-8(12)6-11-9/h7-9,11-12H,3-6H2,1-2H3/t8?,9-/m0/s1. The highest BCUT2D eigenvalue weighted by Gasteiger charge is 2.28. The smallest absolute Gasteiger partial charge is 0.323 e. The van der Waals surface area contributed by atoms with Crippen LogP contribution in [0, 0.1) is 0 Å². The first-order chi connectivity index (χ1) is 7.09. The number of carbonyl (C=O) groups is 1. The van der Waals surface area contributed by atoms with E-state index >= 15 is 0 Å². The molecule has 0 aliphatic carbocycles. The molecule has 0 aromatic carbocycles. The summed E-state index contributed by atoms with van der Waals surface area (Å²) in [5.74, 6) is -0.307. The zero-order chi connectivity index (χ0) is 11.3. The maximum absolute atomic E-state index is 11.4. The maximum atomic E-state index is 11.4. The van der Waals surface area contributed by atoms with Crippen molar-refractivity contribution < 1.29 is 19.4 Å². The first-order valence-corrected chi connectivity index (χ1v) is 5.29. The Morgan fingerprint density at radius 2 is 2.27 bits per heavy atom. The number of hydrogen-bond donors (Lipinski definition) is 2. The first kappa shape index (κ1) is 12.4. The Bertz CT molecular complexity index is 208. The lowest BCUT2D eigenvalue weighted by atomic mass is 10.2. The van der Waals surface area contributed by atoms with E-state index < -0.39 is 6.10 Å². The van der Waals surface area contributed by atoms with E-state index in [-0.39, 0.29) is 24.7 Å². The van der Waals surface area contributed by atoms with Crippen LogP contribution >= 0.6 is 0 Å². The van der Waals surface area contributed by atoms with Crippen molar-refractivity contribution in [3.8, 4) is 0 Å². The summed E-state index contributed by atoms with van der Waals surface area (Å²) in [5, 5.41) is 12.1. The van der Waals surface area contributed by atoms with E-state index in [1.165, 1.54) is 0 Å². The van der Waals surface area contributed by atoms with E-state index in [1.54, 1.807) is 0 Å². The molecule has 1 heterocycles. The van der Waals surface area contributed by atoms with Gasteiger partial charge in [-0.1, -0.05) is 0 Å². The van der Waals surface area contributed by atoms with Crippen LogP contribution < -0.4 is 5.32 Å². The average Bonchev–Trinajstić information content (AvgIpc) is 2.59. The third-order valence-electron chi connectivity index (χ3n) is 2.17. The molecule has 1 unspecified atom stereocenters. The Labute approximate surface area is 89.8 Å². The second-order valence-corrected chi connectivity index (χ2v) is 3.94. The fourth-order valence-electron chi connectivity index (χ4n) is 1.42. The third kappa shape index (κ3) is 4.59. The molecule has 1 fully saturated rings. The monoisotopic (exact) mass is 217 g/mol. The number of aliphatic hydroxyl groups is 1. The zero-order valence-electron chi connectivity index (χ0n) is 9.23. The molecule has 1 aliphatic rings. The van der Waals surface area contributed by atoms with E-state index in [4.69, 9.17) is 9.47 Å². The lowest BCUT2D eigenvalue weighted by Crippen LogP contribution is -2.33. The molecule has 2 N–H and O–H groups in total. The van der Waals surface area contributed by atoms with Crippen molar-refractivity contribution in [2.45, 2.75) is 38.5 Å². The molecule has 5 heteroatoms. The van der Waals surface area contributed by atoms with Crippen LogP contribution in [-0.4, -0.2) is 49.1 Å². The molecule has 1 rings (SSSR count). The van der Waals surface area contributed by atoms with Gasteiger partial charge >= 0.3 is 5.97 Å². The number of carbonyl (C=O) groups excluding carboxylic acids is 1. The molecule has 2 atom stereocenters. The molecule has 0 spiro atoms. The molecule has 1 saturated heterocycles. The second-order valence-electron chi connectivity index (χ2n) is 3.94. The second kappa shape index (κ2) is 6.05. The van der Waals surface area contributed by atoms with Crippen molar-refractivity contribution in [2.24, 2.45) is 0 Å². The van der Waals surface area contributed by atoms with Crippen LogP contribution in [-0.2, 0) is 14.3 Å². The molecule has 1 aliphatic heterocycles. The van der Waals surface area contributed by atoms with E-state index in [0.29, 0.717) is 19.6 Å². The Kier molecular flexibility index (Phi) is 5.01. The minimum atomic E-state index is -0.436. The summed E-state index contributed by atoms with van der Waals surface area (Å²) in [7, 11) is 0. The highest BCUT2D eigenvalue weighted by atomic mass is 16.6. The highest BCUT2D eigenvalue weighted by molar-refractivity contribution is 5.76. The summed E-state index contributed by atoms with van der Waals surface area (Å²) in [4.78, 5) is 11.4. The van der Waals surface area contributed by atoms with Crippen LogP contribution in [0.2, 0.25) is 0 Å². The molecule has 0 aromatic rings. The van der Waals surface area contributed by atoms with Crippen molar-refractivity contribution in [3.05, 3.63) is 0 Å². The van der Waals surface area contributed by atoms with E-state index in [2.05, 4.69) is 5.32 Å². The summed E-state index contributed by atoms with van der Waals surface area (Å²) < 4.78 is 10.2. The van der Waals surface area contributed by atoms with Crippen molar-refractivity contribution >= 4 is 5.97 Å². The predicted octanol–water partition coefficient (Wildman–Crippen LogP) is -0.323. The van der Waals surface area contributed by atoms with Gasteiger partial charge in [0.25, 0.3) is 0 Å². The van der Waals surface area contributed by atoms with Gasteiger partial charge in [0.15, 0.2) is 0 Å². The Balaban J connectivity index is 2.08. The van der Waals surface area contributed by atoms with Crippen LogP contribution in [0.1, 0.15) is 20.3 Å². The van der Waals surface area contributed by atoms with Crippen LogP contribution in [0.4, 0.5) is 0 Å². The molecule has 0 amide bonds. The molecule has 0 bridgehead atoms. The molecular weight excluding hydrogens is 198 g/mol. The van der Waals surface area contributed by atoms with Gasteiger partial charge < -0.3 is 19.9 Å². The molecular formula is C10H19NO4. The van der Waals surface area contributed by atoms with E-state index in [9.17, 15) is 9.90 Å². The Morgan fingerprint density at radius 3 is 2.80 bits per heavy atom. The van der Waals surface area contributed by atoms with Gasteiger partial charge in [-0.3, -0.25) is 4.79 Å². The average molecular weight is 217 g/mol. The van der Waals surface area contributed by atoms with E-state index in [1.807, 2.05) is 13.8 Å². The maximum Gasteiger partial charge on any atom is 0.323 e. The Hall–Kier alpha value is -0.650. The largest absolute Gasteiger partial charge is 0.462 e. The van der Waals surface area contributed by atoms with Gasteiger partial charge in [-0.15, -0.1) is 0 Å². The zero-order valence-corrected chi connectivity index (χ0v) is 9.23. The number of β-amino-alcohol motifs (C(OH)–C–C–N with tert-alkyl or cyclic N) is 1. The van der Waals surface area contributed by atoms with Crippen molar-refractivity contribution in [1.29, 1.82) is 0 Å². The van der Waals surface area contributed by atoms with Crippen molar-refractivity contribution in [1.82, 2.24) is 5.32 Å². The van der Waals surface area contributed by atoms with Gasteiger partial charge in [0, 0.05) is 13.0 Å². The highest BCUT2D eigenvalue weighted by Crippen LogP contribution is 2.07. The third-order valence-corrected chi connectivity index (χ3v) is 2.17. The molecule has 0 saturated carbocycles. The lowest BCUT2D eigenvalue weighted by Gasteiger charge is -2.11. The summed E-state index contributed by atoms with van der Waals surface area (Å²) in [6.07, 6.45) is 0.147. The fraction of sp³-hybridized carbons (Fsp3) is 0.900. The number of hydrogen-bond acceptors (Lipinski definition) is 5. The number of esters is 1. The number of rotatable bonds is 5. The van der Waals surface area contributed by atoms with Crippen molar-refractivity contribution in [3.63, 3.8) is 0 Å². The van der Waals surface area contributed by atoms with Crippen LogP contribution in [0.3, 0.4) is 0 Å². The van der Waals surface area contributed by atoms with E-state index in [0.717, 1.165) is 0 Å². The topological polar surface area (TPSA) is 67.8 Å². The SMILES string of the molecule is CC(C)OCCOC(=O)[C@@H]1CC(O)CN1. The van der Waals surface area contributed by atoms with Crippen LogP contribution in [0.5, 0.6) is 0 Å². The lowest BCUT2D eigenvalue weighted by molar-refractivity contribution is -0.147. The fourth-order valence-corrected chi connectivity index (χ4v) is 1.42. The summed E-state index contributed by atoms with van der Waals surface area (Å²) in [6.45, 7) is 5.00.